The van der Waals surface area contributed by atoms with Crippen molar-refractivity contribution in [3.05, 3.63) is 12.2 Å². The van der Waals surface area contributed by atoms with E-state index in [1.54, 1.807) is 0 Å². The summed E-state index contributed by atoms with van der Waals surface area (Å²) in [6.45, 7) is 9.74. The molecular formula is C13H23NO2. The Hall–Kier alpha value is -0.990. The Balaban J connectivity index is 2.55. The molecule has 3 nitrogen and oxygen atoms in total. The van der Waals surface area contributed by atoms with Crippen molar-refractivity contribution in [2.75, 3.05) is 0 Å². The highest BCUT2D eigenvalue weighted by atomic mass is 16.6. The number of hydrogen-bond donors (Lipinski definition) is 1. The number of rotatable bonds is 3. The molecule has 1 aliphatic carbocycles. The topological polar surface area (TPSA) is 38.3 Å². The van der Waals surface area contributed by atoms with Crippen LogP contribution in [0, 0.1) is 5.92 Å². The Morgan fingerprint density at radius 1 is 1.56 bits per heavy atom. The van der Waals surface area contributed by atoms with Crippen molar-refractivity contribution in [1.82, 2.24) is 5.32 Å². The molecule has 0 aromatic carbocycles. The maximum atomic E-state index is 11.7. The molecule has 0 radical (unpaired) electrons. The summed E-state index contributed by atoms with van der Waals surface area (Å²) in [6, 6.07) is 0. The van der Waals surface area contributed by atoms with Crippen LogP contribution in [0.4, 0.5) is 4.79 Å². The maximum absolute atomic E-state index is 11.7. The number of carbonyl (C=O) groups excluding carboxylic acids is 1. The molecule has 1 saturated carbocycles. The largest absolute Gasteiger partial charge is 0.444 e. The molecule has 1 N–H and O–H groups in total. The van der Waals surface area contributed by atoms with E-state index in [0.717, 1.165) is 12.8 Å². The van der Waals surface area contributed by atoms with Crippen LogP contribution in [0.15, 0.2) is 12.2 Å². The van der Waals surface area contributed by atoms with Crippen molar-refractivity contribution in [1.29, 1.82) is 0 Å². The number of carbonyl (C=O) groups is 1. The van der Waals surface area contributed by atoms with Gasteiger partial charge in [-0.25, -0.2) is 4.79 Å². The third kappa shape index (κ3) is 3.26. The summed E-state index contributed by atoms with van der Waals surface area (Å²) in [4.78, 5) is 11.7. The Kier molecular flexibility index (Phi) is 3.66. The van der Waals surface area contributed by atoms with Crippen LogP contribution in [0.25, 0.3) is 0 Å². The highest BCUT2D eigenvalue weighted by Crippen LogP contribution is 2.47. The van der Waals surface area contributed by atoms with Crippen molar-refractivity contribution in [3.63, 3.8) is 0 Å². The molecule has 0 aromatic rings. The number of amides is 1. The summed E-state index contributed by atoms with van der Waals surface area (Å²) in [5, 5.41) is 2.98. The lowest BCUT2D eigenvalue weighted by Crippen LogP contribution is -2.40. The van der Waals surface area contributed by atoms with Gasteiger partial charge in [-0.15, -0.1) is 0 Å². The molecule has 1 amide bonds. The Labute approximate surface area is 98.2 Å². The summed E-state index contributed by atoms with van der Waals surface area (Å²) in [5.41, 5.74) is -0.580. The zero-order valence-electron chi connectivity index (χ0n) is 11.0. The van der Waals surface area contributed by atoms with Gasteiger partial charge in [-0.3, -0.25) is 0 Å². The second-order valence-electron chi connectivity index (χ2n) is 5.48. The second-order valence-corrected chi connectivity index (χ2v) is 5.48. The lowest BCUT2D eigenvalue weighted by Gasteiger charge is -2.22. The van der Waals surface area contributed by atoms with E-state index in [9.17, 15) is 4.79 Å². The van der Waals surface area contributed by atoms with Gasteiger partial charge < -0.3 is 10.1 Å². The number of hydrogen-bond acceptors (Lipinski definition) is 2. The molecule has 1 rings (SSSR count). The van der Waals surface area contributed by atoms with Crippen molar-refractivity contribution in [3.8, 4) is 0 Å². The predicted octanol–water partition coefficient (Wildman–Crippen LogP) is 3.26. The molecular weight excluding hydrogens is 202 g/mol. The van der Waals surface area contributed by atoms with E-state index in [0.29, 0.717) is 5.92 Å². The van der Waals surface area contributed by atoms with Crippen LogP contribution in [0.1, 0.15) is 47.5 Å². The minimum absolute atomic E-state index is 0.147. The van der Waals surface area contributed by atoms with E-state index in [4.69, 9.17) is 4.74 Å². The fourth-order valence-electron chi connectivity index (χ4n) is 2.05. The van der Waals surface area contributed by atoms with E-state index in [2.05, 4.69) is 18.3 Å². The van der Waals surface area contributed by atoms with Crippen molar-refractivity contribution in [2.24, 2.45) is 5.92 Å². The first-order valence-corrected chi connectivity index (χ1v) is 5.98. The number of ether oxygens (including phenoxy) is 1. The van der Waals surface area contributed by atoms with Crippen LogP contribution in [-0.4, -0.2) is 17.2 Å². The standard InChI is InChI=1S/C13H23NO2/c1-6-8-13(9-10(13)7-2)14-11(15)16-12(3,4)5/h6,8,10H,7,9H2,1-5H3,(H,14,15)/b8-6-/t10-,13+/m1/s1. The Bertz CT molecular complexity index is 291. The predicted molar refractivity (Wildman–Crippen MR) is 65.3 cm³/mol. The zero-order valence-corrected chi connectivity index (χ0v) is 11.0. The van der Waals surface area contributed by atoms with Gasteiger partial charge in [0.1, 0.15) is 5.60 Å². The molecule has 0 saturated heterocycles. The quantitative estimate of drug-likeness (QED) is 0.749. The first-order chi connectivity index (χ1) is 7.33. The second kappa shape index (κ2) is 4.48. The zero-order chi connectivity index (χ0) is 12.4. The lowest BCUT2D eigenvalue weighted by atomic mass is 10.1. The number of alkyl carbamates (subject to hydrolysis) is 1. The van der Waals surface area contributed by atoms with Gasteiger partial charge in [-0.2, -0.15) is 0 Å². The SMILES string of the molecule is C/C=C\[C@]1(NC(=O)OC(C)(C)C)C[C@H]1CC. The molecule has 3 heteroatoms. The molecule has 1 fully saturated rings. The molecule has 16 heavy (non-hydrogen) atoms. The van der Waals surface area contributed by atoms with Gasteiger partial charge in [0.25, 0.3) is 0 Å². The van der Waals surface area contributed by atoms with Crippen molar-refractivity contribution < 1.29 is 9.53 Å². The number of allylic oxidation sites excluding steroid dienone is 1. The summed E-state index contributed by atoms with van der Waals surface area (Å²) in [5.74, 6) is 0.552. The van der Waals surface area contributed by atoms with E-state index in [1.807, 2.05) is 33.8 Å². The summed E-state index contributed by atoms with van der Waals surface area (Å²) < 4.78 is 5.27. The minimum Gasteiger partial charge on any atom is -0.444 e. The molecule has 0 aliphatic heterocycles. The molecule has 2 atom stereocenters. The Morgan fingerprint density at radius 2 is 2.19 bits per heavy atom. The van der Waals surface area contributed by atoms with Gasteiger partial charge in [-0.05, 0) is 40.0 Å². The van der Waals surface area contributed by atoms with E-state index in [-0.39, 0.29) is 11.6 Å². The van der Waals surface area contributed by atoms with Crippen LogP contribution in [0.5, 0.6) is 0 Å². The molecule has 0 spiro atoms. The summed E-state index contributed by atoms with van der Waals surface area (Å²) >= 11 is 0. The van der Waals surface area contributed by atoms with Gasteiger partial charge in [0, 0.05) is 0 Å². The van der Waals surface area contributed by atoms with Gasteiger partial charge in [0.2, 0.25) is 0 Å². The van der Waals surface area contributed by atoms with E-state index >= 15 is 0 Å². The monoisotopic (exact) mass is 225 g/mol. The maximum Gasteiger partial charge on any atom is 0.408 e. The first kappa shape index (κ1) is 13.1. The van der Waals surface area contributed by atoms with Crippen LogP contribution in [0.2, 0.25) is 0 Å². The third-order valence-corrected chi connectivity index (χ3v) is 2.84. The van der Waals surface area contributed by atoms with Gasteiger partial charge in [0.15, 0.2) is 0 Å². The van der Waals surface area contributed by atoms with Gasteiger partial charge >= 0.3 is 6.09 Å². The molecule has 92 valence electrons. The normalized spacial score (nSPS) is 29.2. The van der Waals surface area contributed by atoms with Crippen LogP contribution in [-0.2, 0) is 4.74 Å². The van der Waals surface area contributed by atoms with Gasteiger partial charge in [-0.1, -0.05) is 25.5 Å². The molecule has 0 aromatic heterocycles. The van der Waals surface area contributed by atoms with E-state index in [1.165, 1.54) is 0 Å². The number of nitrogens with one attached hydrogen (secondary N) is 1. The lowest BCUT2D eigenvalue weighted by molar-refractivity contribution is 0.0504. The third-order valence-electron chi connectivity index (χ3n) is 2.84. The van der Waals surface area contributed by atoms with E-state index < -0.39 is 5.60 Å². The molecule has 0 bridgehead atoms. The van der Waals surface area contributed by atoms with Gasteiger partial charge in [0.05, 0.1) is 5.54 Å². The highest BCUT2D eigenvalue weighted by Gasteiger charge is 2.52. The van der Waals surface area contributed by atoms with Crippen molar-refractivity contribution in [2.45, 2.75) is 58.6 Å². The van der Waals surface area contributed by atoms with Crippen LogP contribution < -0.4 is 5.32 Å². The fraction of sp³-hybridized carbons (Fsp3) is 0.769. The molecule has 0 heterocycles. The smallest absolute Gasteiger partial charge is 0.408 e. The average molecular weight is 225 g/mol. The molecule has 1 aliphatic rings. The minimum atomic E-state index is -0.433. The van der Waals surface area contributed by atoms with Crippen LogP contribution >= 0.6 is 0 Å². The summed E-state index contributed by atoms with van der Waals surface area (Å²) in [6.07, 6.45) is 5.85. The molecule has 0 unspecified atom stereocenters. The van der Waals surface area contributed by atoms with Crippen LogP contribution in [0.3, 0.4) is 0 Å². The van der Waals surface area contributed by atoms with Crippen molar-refractivity contribution >= 4 is 6.09 Å². The highest BCUT2D eigenvalue weighted by molar-refractivity contribution is 5.70. The first-order valence-electron chi connectivity index (χ1n) is 5.98. The fourth-order valence-corrected chi connectivity index (χ4v) is 2.05. The average Bonchev–Trinajstić information content (AvgIpc) is 2.75. The summed E-state index contributed by atoms with van der Waals surface area (Å²) in [7, 11) is 0. The Morgan fingerprint density at radius 3 is 2.56 bits per heavy atom.